The van der Waals surface area contributed by atoms with Gasteiger partial charge in [0.2, 0.25) is 0 Å². The number of rotatable bonds is 3. The van der Waals surface area contributed by atoms with Crippen LogP contribution in [-0.2, 0) is 0 Å². The average Bonchev–Trinajstić information content (AvgIpc) is 2.75. The summed E-state index contributed by atoms with van der Waals surface area (Å²) in [5.41, 5.74) is 0. The van der Waals surface area contributed by atoms with Gasteiger partial charge >= 0.3 is 6.18 Å². The van der Waals surface area contributed by atoms with Gasteiger partial charge in [0.15, 0.2) is 6.10 Å². The standard InChI is InChI=1S/C11H19F3N2O/c1-2-9-8-4-15-3-7(8)5-16(9)6-10(17)11(12,13)14/h7-10,15,17H,2-6H2,1H3. The van der Waals surface area contributed by atoms with Gasteiger partial charge in [0.25, 0.3) is 0 Å². The molecular weight excluding hydrogens is 233 g/mol. The number of nitrogens with one attached hydrogen (secondary N) is 1. The van der Waals surface area contributed by atoms with E-state index in [0.29, 0.717) is 18.4 Å². The molecule has 2 heterocycles. The van der Waals surface area contributed by atoms with E-state index in [4.69, 9.17) is 5.11 Å². The summed E-state index contributed by atoms with van der Waals surface area (Å²) in [7, 11) is 0. The molecule has 4 unspecified atom stereocenters. The van der Waals surface area contributed by atoms with Gasteiger partial charge in [-0.15, -0.1) is 0 Å². The topological polar surface area (TPSA) is 35.5 Å². The minimum Gasteiger partial charge on any atom is -0.382 e. The van der Waals surface area contributed by atoms with Crippen LogP contribution in [0.5, 0.6) is 0 Å². The quantitative estimate of drug-likeness (QED) is 0.781. The van der Waals surface area contributed by atoms with Crippen LogP contribution < -0.4 is 5.32 Å². The second-order valence-corrected chi connectivity index (χ2v) is 5.07. The Balaban J connectivity index is 1.97. The maximum Gasteiger partial charge on any atom is 0.415 e. The fourth-order valence-corrected chi connectivity index (χ4v) is 3.21. The van der Waals surface area contributed by atoms with E-state index in [-0.39, 0.29) is 12.6 Å². The largest absolute Gasteiger partial charge is 0.415 e. The minimum atomic E-state index is -4.51. The number of hydrogen-bond acceptors (Lipinski definition) is 3. The molecule has 0 radical (unpaired) electrons. The van der Waals surface area contributed by atoms with Crippen LogP contribution in [0.25, 0.3) is 0 Å². The Morgan fingerprint density at radius 3 is 2.71 bits per heavy atom. The summed E-state index contributed by atoms with van der Waals surface area (Å²) >= 11 is 0. The van der Waals surface area contributed by atoms with E-state index in [2.05, 4.69) is 5.32 Å². The van der Waals surface area contributed by atoms with Crippen molar-refractivity contribution in [2.75, 3.05) is 26.2 Å². The van der Waals surface area contributed by atoms with Crippen molar-refractivity contribution in [3.05, 3.63) is 0 Å². The maximum atomic E-state index is 12.3. The zero-order valence-corrected chi connectivity index (χ0v) is 9.87. The van der Waals surface area contributed by atoms with Crippen molar-refractivity contribution in [1.29, 1.82) is 0 Å². The van der Waals surface area contributed by atoms with E-state index in [9.17, 15) is 13.2 Å². The second kappa shape index (κ2) is 4.74. The number of aliphatic hydroxyl groups is 1. The lowest BCUT2D eigenvalue weighted by atomic mass is 9.93. The molecule has 100 valence electrons. The summed E-state index contributed by atoms with van der Waals surface area (Å²) in [6.07, 6.45) is -5.88. The third-order valence-electron chi connectivity index (χ3n) is 4.03. The first-order valence-electron chi connectivity index (χ1n) is 6.13. The highest BCUT2D eigenvalue weighted by atomic mass is 19.4. The van der Waals surface area contributed by atoms with E-state index < -0.39 is 12.3 Å². The summed E-state index contributed by atoms with van der Waals surface area (Å²) in [4.78, 5) is 1.81. The highest BCUT2D eigenvalue weighted by Gasteiger charge is 2.46. The Labute approximate surface area is 99.0 Å². The Bertz CT molecular complexity index is 272. The lowest BCUT2D eigenvalue weighted by Crippen LogP contribution is -2.44. The number of hydrogen-bond donors (Lipinski definition) is 2. The van der Waals surface area contributed by atoms with Gasteiger partial charge in [0.05, 0.1) is 0 Å². The van der Waals surface area contributed by atoms with E-state index in [1.807, 2.05) is 11.8 Å². The van der Waals surface area contributed by atoms with Gasteiger partial charge in [-0.1, -0.05) is 6.92 Å². The van der Waals surface area contributed by atoms with Crippen LogP contribution >= 0.6 is 0 Å². The molecule has 6 heteroatoms. The molecule has 2 N–H and O–H groups in total. The predicted octanol–water partition coefficient (Wildman–Crippen LogP) is 0.839. The smallest absolute Gasteiger partial charge is 0.382 e. The van der Waals surface area contributed by atoms with Gasteiger partial charge in [-0.2, -0.15) is 13.2 Å². The van der Waals surface area contributed by atoms with Gasteiger partial charge in [-0.25, -0.2) is 0 Å². The number of nitrogens with zero attached hydrogens (tertiary/aromatic N) is 1. The van der Waals surface area contributed by atoms with Crippen molar-refractivity contribution in [2.45, 2.75) is 31.7 Å². The summed E-state index contributed by atoms with van der Waals surface area (Å²) < 4.78 is 37.0. The van der Waals surface area contributed by atoms with Crippen LogP contribution in [-0.4, -0.2) is 54.5 Å². The average molecular weight is 252 g/mol. The number of likely N-dealkylation sites (tertiary alicyclic amines) is 1. The Hall–Kier alpha value is -0.330. The molecule has 2 rings (SSSR count). The number of β-amino-alcohol motifs (C(OH)–C–C–N with tert-alkyl or cyclic N) is 1. The number of aliphatic hydroxyl groups excluding tert-OH is 1. The minimum absolute atomic E-state index is 0.173. The molecule has 0 bridgehead atoms. The number of halogens is 3. The third kappa shape index (κ3) is 2.58. The van der Waals surface area contributed by atoms with Gasteiger partial charge < -0.3 is 10.4 Å². The second-order valence-electron chi connectivity index (χ2n) is 5.07. The molecular formula is C11H19F3N2O. The van der Waals surface area contributed by atoms with Crippen molar-refractivity contribution >= 4 is 0 Å². The first-order chi connectivity index (χ1) is 7.93. The summed E-state index contributed by atoms with van der Waals surface area (Å²) in [6.45, 7) is 4.16. The van der Waals surface area contributed by atoms with Crippen molar-refractivity contribution in [1.82, 2.24) is 10.2 Å². The first-order valence-corrected chi connectivity index (χ1v) is 6.13. The first kappa shape index (κ1) is 13.1. The van der Waals surface area contributed by atoms with Crippen LogP contribution in [0.4, 0.5) is 13.2 Å². The normalized spacial score (nSPS) is 36.2. The van der Waals surface area contributed by atoms with Crippen LogP contribution in [0.15, 0.2) is 0 Å². The SMILES string of the molecule is CCC1C2CNCC2CN1CC(O)C(F)(F)F. The van der Waals surface area contributed by atoms with Crippen LogP contribution in [0.3, 0.4) is 0 Å². The predicted molar refractivity (Wildman–Crippen MR) is 57.6 cm³/mol. The molecule has 0 saturated carbocycles. The molecule has 2 aliphatic heterocycles. The van der Waals surface area contributed by atoms with Gasteiger partial charge in [0.1, 0.15) is 0 Å². The fourth-order valence-electron chi connectivity index (χ4n) is 3.21. The summed E-state index contributed by atoms with van der Waals surface area (Å²) in [5, 5.41) is 12.4. The van der Waals surface area contributed by atoms with Crippen molar-refractivity contribution in [2.24, 2.45) is 11.8 Å². The molecule has 0 amide bonds. The molecule has 2 fully saturated rings. The summed E-state index contributed by atoms with van der Waals surface area (Å²) in [5.74, 6) is 0.890. The zero-order valence-electron chi connectivity index (χ0n) is 9.87. The van der Waals surface area contributed by atoms with E-state index in [0.717, 1.165) is 19.5 Å². The van der Waals surface area contributed by atoms with Gasteiger partial charge in [0, 0.05) is 19.1 Å². The van der Waals surface area contributed by atoms with E-state index in [1.165, 1.54) is 0 Å². The molecule has 3 nitrogen and oxygen atoms in total. The molecule has 17 heavy (non-hydrogen) atoms. The highest BCUT2D eigenvalue weighted by Crippen LogP contribution is 2.35. The number of fused-ring (bicyclic) bond motifs is 1. The lowest BCUT2D eigenvalue weighted by molar-refractivity contribution is -0.208. The van der Waals surface area contributed by atoms with Crippen LogP contribution in [0.2, 0.25) is 0 Å². The fraction of sp³-hybridized carbons (Fsp3) is 1.00. The Kier molecular flexibility index (Phi) is 3.66. The monoisotopic (exact) mass is 252 g/mol. The molecule has 0 aromatic carbocycles. The van der Waals surface area contributed by atoms with Gasteiger partial charge in [-0.05, 0) is 31.3 Å². The van der Waals surface area contributed by atoms with Crippen molar-refractivity contribution in [3.63, 3.8) is 0 Å². The van der Waals surface area contributed by atoms with E-state index in [1.54, 1.807) is 0 Å². The Morgan fingerprint density at radius 1 is 1.41 bits per heavy atom. The number of alkyl halides is 3. The Morgan fingerprint density at radius 2 is 2.12 bits per heavy atom. The van der Waals surface area contributed by atoms with Crippen LogP contribution in [0, 0.1) is 11.8 Å². The van der Waals surface area contributed by atoms with Gasteiger partial charge in [-0.3, -0.25) is 4.90 Å². The molecule has 2 saturated heterocycles. The van der Waals surface area contributed by atoms with Crippen molar-refractivity contribution < 1.29 is 18.3 Å². The van der Waals surface area contributed by atoms with E-state index >= 15 is 0 Å². The maximum absolute atomic E-state index is 12.3. The zero-order chi connectivity index (χ0) is 12.6. The molecule has 0 aromatic heterocycles. The van der Waals surface area contributed by atoms with Crippen LogP contribution in [0.1, 0.15) is 13.3 Å². The molecule has 0 aromatic rings. The molecule has 4 atom stereocenters. The lowest BCUT2D eigenvalue weighted by Gasteiger charge is -2.29. The third-order valence-corrected chi connectivity index (χ3v) is 4.03. The molecule has 2 aliphatic rings. The summed E-state index contributed by atoms with van der Waals surface area (Å²) in [6, 6.07) is 0.173. The highest BCUT2D eigenvalue weighted by molar-refractivity contribution is 4.98. The molecule has 0 aliphatic carbocycles. The molecule has 0 spiro atoms. The van der Waals surface area contributed by atoms with Crippen molar-refractivity contribution in [3.8, 4) is 0 Å².